The average Bonchev–Trinajstić information content (AvgIpc) is 0. The van der Waals surface area contributed by atoms with Crippen LogP contribution in [0.3, 0.4) is 0 Å². The van der Waals surface area contributed by atoms with Crippen LogP contribution in [0.4, 0.5) is 0 Å². The van der Waals surface area contributed by atoms with Crippen LogP contribution in [0.5, 0.6) is 0 Å². The fraction of sp³-hybridized carbons (Fsp3) is 1.00. The first-order chi connectivity index (χ1) is 0. The quantitative estimate of drug-likeness (QED) is 0.549. The Bertz CT molecular complexity index is 7.61. The van der Waals surface area contributed by atoms with E-state index in [1.165, 1.54) is 0 Å². The minimum absolute atomic E-state index is 0. The Labute approximate surface area is 63.5 Å². The van der Waals surface area contributed by atoms with E-state index < -0.39 is 0 Å². The third-order valence-electron chi connectivity index (χ3n) is 0. The molecule has 4 radical (unpaired) electrons. The van der Waals surface area contributed by atoms with Gasteiger partial charge in [-0.2, -0.15) is 0 Å². The van der Waals surface area contributed by atoms with Gasteiger partial charge in [0.05, 0.1) is 0 Å². The van der Waals surface area contributed by atoms with Crippen LogP contribution in [-0.4, -0.2) is 23.9 Å². The minimum atomic E-state index is 0. The zero-order chi connectivity index (χ0) is 0. The number of hydrogen-bond acceptors (Lipinski definition) is 0. The predicted octanol–water partition coefficient (Wildman–Crippen LogP) is 1.74. The van der Waals surface area contributed by atoms with Gasteiger partial charge in [-0.15, -0.1) is 24.8 Å². The van der Waals surface area contributed by atoms with Gasteiger partial charge >= 0.3 is 0 Å². The van der Waals surface area contributed by atoms with E-state index in [9.17, 15) is 0 Å². The molecule has 0 aromatic rings. The Hall–Kier alpha value is 1.38. The van der Waals surface area contributed by atoms with Crippen LogP contribution in [-0.2, 0) is 0 Å². The molecule has 0 N–H and O–H groups in total. The van der Waals surface area contributed by atoms with Crippen LogP contribution in [0.1, 0.15) is 14.9 Å². The first-order valence-electron chi connectivity index (χ1n) is 0. The second-order valence-corrected chi connectivity index (χ2v) is 0. The van der Waals surface area contributed by atoms with E-state index in [2.05, 4.69) is 0 Å². The molecule has 36 valence electrons. The van der Waals surface area contributed by atoms with Crippen LogP contribution >= 0.6 is 24.8 Å². The Morgan fingerprint density at radius 2 is 0.600 bits per heavy atom. The molecular formula is C2H10Cl2Sn. The molecule has 0 rings (SSSR count). The van der Waals surface area contributed by atoms with Crippen LogP contribution < -0.4 is 0 Å². The maximum Gasteiger partial charge on any atom is 0 e. The molecule has 0 fully saturated rings. The van der Waals surface area contributed by atoms with Crippen LogP contribution in [0.25, 0.3) is 0 Å². The average molecular weight is 224 g/mol. The second-order valence-electron chi connectivity index (χ2n) is 0. The monoisotopic (exact) mass is 224 g/mol. The van der Waals surface area contributed by atoms with E-state index >= 15 is 0 Å². The Balaban J connectivity index is 0. The van der Waals surface area contributed by atoms with Crippen molar-refractivity contribution in [2.75, 3.05) is 0 Å². The summed E-state index contributed by atoms with van der Waals surface area (Å²) >= 11 is 0. The standard InChI is InChI=1S/2CH4.2ClH.Sn/h2*1H4;2*1H;. The summed E-state index contributed by atoms with van der Waals surface area (Å²) in [5, 5.41) is 0. The van der Waals surface area contributed by atoms with Gasteiger partial charge in [-0.05, 0) is 0 Å². The minimum Gasteiger partial charge on any atom is -0.147 e. The molecule has 0 unspecified atom stereocenters. The molecule has 0 heterocycles. The van der Waals surface area contributed by atoms with Gasteiger partial charge in [-0.3, -0.25) is 0 Å². The molecule has 0 aliphatic rings. The van der Waals surface area contributed by atoms with Crippen LogP contribution in [0, 0.1) is 0 Å². The normalized spacial score (nSPS) is 0. The summed E-state index contributed by atoms with van der Waals surface area (Å²) in [7, 11) is 0. The Morgan fingerprint density at radius 1 is 0.600 bits per heavy atom. The van der Waals surface area contributed by atoms with Gasteiger partial charge in [0.15, 0.2) is 0 Å². The first-order valence-corrected chi connectivity index (χ1v) is 0. The summed E-state index contributed by atoms with van der Waals surface area (Å²) in [6.07, 6.45) is 0. The summed E-state index contributed by atoms with van der Waals surface area (Å²) < 4.78 is 0. The van der Waals surface area contributed by atoms with Crippen molar-refractivity contribution >= 4 is 48.7 Å². The molecule has 0 aliphatic heterocycles. The summed E-state index contributed by atoms with van der Waals surface area (Å²) in [5.74, 6) is 0. The van der Waals surface area contributed by atoms with Crippen molar-refractivity contribution in [3.05, 3.63) is 0 Å². The zero-order valence-electron chi connectivity index (χ0n) is 1.32. The topological polar surface area (TPSA) is 0 Å². The largest absolute Gasteiger partial charge is 0.147 e. The smallest absolute Gasteiger partial charge is 0 e. The van der Waals surface area contributed by atoms with Gasteiger partial charge in [0.1, 0.15) is 0 Å². The summed E-state index contributed by atoms with van der Waals surface area (Å²) in [5.41, 5.74) is 0. The molecule has 0 atom stereocenters. The van der Waals surface area contributed by atoms with Gasteiger partial charge in [-0.1, -0.05) is 14.9 Å². The van der Waals surface area contributed by atoms with E-state index in [4.69, 9.17) is 0 Å². The summed E-state index contributed by atoms with van der Waals surface area (Å²) in [6, 6.07) is 0. The fourth-order valence-electron chi connectivity index (χ4n) is 0. The van der Waals surface area contributed by atoms with E-state index in [1.54, 1.807) is 0 Å². The van der Waals surface area contributed by atoms with E-state index in [0.29, 0.717) is 0 Å². The van der Waals surface area contributed by atoms with E-state index in [0.717, 1.165) is 0 Å². The van der Waals surface area contributed by atoms with Crippen molar-refractivity contribution in [3.63, 3.8) is 0 Å². The van der Waals surface area contributed by atoms with Crippen molar-refractivity contribution in [1.29, 1.82) is 0 Å². The second kappa shape index (κ2) is 54.3. The molecule has 5 heavy (non-hydrogen) atoms. The molecule has 0 aromatic heterocycles. The van der Waals surface area contributed by atoms with Crippen molar-refractivity contribution < 1.29 is 0 Å². The molecule has 0 amide bonds. The van der Waals surface area contributed by atoms with Crippen molar-refractivity contribution in [3.8, 4) is 0 Å². The molecule has 0 bridgehead atoms. The molecule has 0 aliphatic carbocycles. The summed E-state index contributed by atoms with van der Waals surface area (Å²) in [4.78, 5) is 0. The molecule has 0 nitrogen and oxygen atoms in total. The van der Waals surface area contributed by atoms with E-state index in [1.807, 2.05) is 0 Å². The molecule has 0 aromatic carbocycles. The molecule has 3 heteroatoms. The van der Waals surface area contributed by atoms with Crippen LogP contribution in [0.2, 0.25) is 0 Å². The fourth-order valence-corrected chi connectivity index (χ4v) is 0. The number of rotatable bonds is 0. The number of hydrogen-bond donors (Lipinski definition) is 0. The van der Waals surface area contributed by atoms with Crippen LogP contribution in [0.15, 0.2) is 0 Å². The van der Waals surface area contributed by atoms with Gasteiger partial charge in [0.25, 0.3) is 0 Å². The first kappa shape index (κ1) is 97.1. The van der Waals surface area contributed by atoms with Crippen molar-refractivity contribution in [2.45, 2.75) is 14.9 Å². The Kier molecular flexibility index (Phi) is 1050. The maximum atomic E-state index is 0. The molecule has 0 spiro atoms. The SMILES string of the molecule is C.C.Cl.Cl.[Sn]. The van der Waals surface area contributed by atoms with Crippen molar-refractivity contribution in [1.82, 2.24) is 0 Å². The molecule has 0 saturated heterocycles. The van der Waals surface area contributed by atoms with Gasteiger partial charge < -0.3 is 0 Å². The van der Waals surface area contributed by atoms with Gasteiger partial charge in [0, 0.05) is 23.9 Å². The molecular weight excluding hydrogens is 214 g/mol. The maximum absolute atomic E-state index is 0. The van der Waals surface area contributed by atoms with E-state index in [-0.39, 0.29) is 63.6 Å². The third kappa shape index (κ3) is 32.3. The Morgan fingerprint density at radius 3 is 0.600 bits per heavy atom. The zero-order valence-corrected chi connectivity index (χ0v) is 5.80. The summed E-state index contributed by atoms with van der Waals surface area (Å²) in [6.45, 7) is 0. The molecule has 0 saturated carbocycles. The van der Waals surface area contributed by atoms with Gasteiger partial charge in [-0.25, -0.2) is 0 Å². The predicted molar refractivity (Wildman–Crippen MR) is 33.7 cm³/mol. The number of halogens is 2. The third-order valence-corrected chi connectivity index (χ3v) is 0. The van der Waals surface area contributed by atoms with Crippen molar-refractivity contribution in [2.24, 2.45) is 0 Å². The van der Waals surface area contributed by atoms with Gasteiger partial charge in [0.2, 0.25) is 0 Å².